The van der Waals surface area contributed by atoms with Gasteiger partial charge in [0.2, 0.25) is 0 Å². The van der Waals surface area contributed by atoms with Gasteiger partial charge in [0.25, 0.3) is 0 Å². The van der Waals surface area contributed by atoms with Crippen LogP contribution >= 0.6 is 0 Å². The first-order valence-electron chi connectivity index (χ1n) is 4.44. The second-order valence-corrected chi connectivity index (χ2v) is 4.29. The molecule has 1 aromatic carbocycles. The van der Waals surface area contributed by atoms with Gasteiger partial charge in [-0.3, -0.25) is 4.79 Å². The molecule has 1 atom stereocenters. The third-order valence-electron chi connectivity index (χ3n) is 1.82. The topological polar surface area (TPSA) is 75.4 Å². The van der Waals surface area contributed by atoms with Crippen LogP contribution < -0.4 is 10.5 Å². The second-order valence-electron chi connectivity index (χ2n) is 2.91. The van der Waals surface area contributed by atoms with Crippen molar-refractivity contribution in [2.24, 2.45) is 5.73 Å². The van der Waals surface area contributed by atoms with Gasteiger partial charge >= 0.3 is 0 Å². The second kappa shape index (κ2) is 5.75. The van der Waals surface area contributed by atoms with Crippen molar-refractivity contribution >= 4 is 17.5 Å². The maximum atomic E-state index is 11.2. The molecule has 0 saturated carbocycles. The van der Waals surface area contributed by atoms with Gasteiger partial charge in [0.1, 0.15) is 18.6 Å². The van der Waals surface area contributed by atoms with Gasteiger partial charge in [0.05, 0.1) is 5.56 Å². The van der Waals surface area contributed by atoms with Crippen molar-refractivity contribution in [3.63, 3.8) is 0 Å². The summed E-state index contributed by atoms with van der Waals surface area (Å²) in [5, 5.41) is 0. The minimum atomic E-state index is -1.08. The Balaban J connectivity index is 2.96. The molecule has 0 spiro atoms. The standard InChI is InChI=1S/C10H13NO3S/c1-15(13)9-3-2-8(7-12)10(6-9)14-5-4-11/h2-3,6-7H,4-5,11H2,1H3. The Kier molecular flexibility index (Phi) is 4.61. The number of ether oxygens (including phenoxy) is 1. The number of aldehydes is 1. The fourth-order valence-electron chi connectivity index (χ4n) is 1.08. The first-order chi connectivity index (χ1) is 7.19. The molecule has 0 aliphatic heterocycles. The van der Waals surface area contributed by atoms with E-state index in [2.05, 4.69) is 0 Å². The van der Waals surface area contributed by atoms with Crippen LogP contribution in [0.1, 0.15) is 10.4 Å². The summed E-state index contributed by atoms with van der Waals surface area (Å²) in [6.45, 7) is 0.707. The molecule has 4 nitrogen and oxygen atoms in total. The van der Waals surface area contributed by atoms with Crippen LogP contribution in [0.5, 0.6) is 5.75 Å². The summed E-state index contributed by atoms with van der Waals surface area (Å²) >= 11 is -1.08. The van der Waals surface area contributed by atoms with E-state index >= 15 is 0 Å². The lowest BCUT2D eigenvalue weighted by molar-refractivity contribution is 0.111. The molecular formula is C10H13NO3S. The Morgan fingerprint density at radius 3 is 2.87 bits per heavy atom. The fourth-order valence-corrected chi connectivity index (χ4v) is 1.62. The molecule has 0 saturated heterocycles. The highest BCUT2D eigenvalue weighted by atomic mass is 32.2. The number of benzene rings is 1. The molecule has 0 amide bonds. The van der Waals surface area contributed by atoms with Gasteiger partial charge in [-0.2, -0.15) is 0 Å². The molecule has 5 heteroatoms. The van der Waals surface area contributed by atoms with Crippen molar-refractivity contribution in [3.05, 3.63) is 23.8 Å². The predicted molar refractivity (Wildman–Crippen MR) is 58.7 cm³/mol. The lowest BCUT2D eigenvalue weighted by Gasteiger charge is -2.09. The molecule has 1 rings (SSSR count). The normalized spacial score (nSPS) is 12.2. The Morgan fingerprint density at radius 2 is 2.33 bits per heavy atom. The Hall–Kier alpha value is -1.04. The Bertz CT molecular complexity index is 341. The summed E-state index contributed by atoms with van der Waals surface area (Å²) < 4.78 is 16.5. The van der Waals surface area contributed by atoms with Crippen molar-refractivity contribution in [1.82, 2.24) is 0 Å². The third-order valence-corrected chi connectivity index (χ3v) is 2.74. The van der Waals surface area contributed by atoms with E-state index in [4.69, 9.17) is 10.5 Å². The van der Waals surface area contributed by atoms with Crippen molar-refractivity contribution in [2.75, 3.05) is 19.4 Å². The highest BCUT2D eigenvalue weighted by Crippen LogP contribution is 2.21. The molecule has 2 N–H and O–H groups in total. The lowest BCUT2D eigenvalue weighted by atomic mass is 10.2. The molecule has 0 aromatic heterocycles. The molecule has 82 valence electrons. The van der Waals surface area contributed by atoms with Gasteiger partial charge in [-0.1, -0.05) is 0 Å². The van der Waals surface area contributed by atoms with E-state index in [0.29, 0.717) is 35.6 Å². The molecule has 0 aliphatic rings. The number of hydrogen-bond donors (Lipinski definition) is 1. The summed E-state index contributed by atoms with van der Waals surface area (Å²) in [6.07, 6.45) is 2.27. The van der Waals surface area contributed by atoms with E-state index in [0.717, 1.165) is 0 Å². The minimum absolute atomic E-state index is 0.334. The molecule has 0 aliphatic carbocycles. The van der Waals surface area contributed by atoms with Crippen LogP contribution in [0.4, 0.5) is 0 Å². The maximum Gasteiger partial charge on any atom is 0.156 e. The highest BCUT2D eigenvalue weighted by Gasteiger charge is 2.10. The number of carbonyl (C=O) groups is 1. The molecule has 15 heavy (non-hydrogen) atoms. The Morgan fingerprint density at radius 1 is 1.60 bits per heavy atom. The van der Waals surface area contributed by atoms with Gasteiger partial charge in [-0.25, -0.2) is 0 Å². The zero-order valence-corrected chi connectivity index (χ0v) is 9.25. The van der Waals surface area contributed by atoms with Crippen LogP contribution in [0.25, 0.3) is 0 Å². The first kappa shape index (κ1) is 12.0. The van der Waals surface area contributed by atoms with E-state index in [1.54, 1.807) is 24.5 Å². The molecule has 0 heterocycles. The van der Waals surface area contributed by atoms with Crippen molar-refractivity contribution < 1.29 is 14.1 Å². The first-order valence-corrected chi connectivity index (χ1v) is 6.00. The smallest absolute Gasteiger partial charge is 0.156 e. The minimum Gasteiger partial charge on any atom is -0.612 e. The van der Waals surface area contributed by atoms with Gasteiger partial charge < -0.3 is 15.0 Å². The van der Waals surface area contributed by atoms with Crippen LogP contribution in [-0.2, 0) is 11.2 Å². The van der Waals surface area contributed by atoms with Crippen molar-refractivity contribution in [1.29, 1.82) is 0 Å². The van der Waals surface area contributed by atoms with E-state index in [1.807, 2.05) is 0 Å². The van der Waals surface area contributed by atoms with Crippen molar-refractivity contribution in [3.8, 4) is 5.75 Å². The molecule has 1 aromatic rings. The van der Waals surface area contributed by atoms with E-state index in [-0.39, 0.29) is 0 Å². The van der Waals surface area contributed by atoms with Crippen LogP contribution in [0.2, 0.25) is 0 Å². The number of hydrogen-bond acceptors (Lipinski definition) is 4. The summed E-state index contributed by atoms with van der Waals surface area (Å²) in [4.78, 5) is 11.3. The zero-order valence-electron chi connectivity index (χ0n) is 8.43. The van der Waals surface area contributed by atoms with E-state index < -0.39 is 11.2 Å². The maximum absolute atomic E-state index is 11.2. The summed E-state index contributed by atoms with van der Waals surface area (Å²) in [6, 6.07) is 4.85. The molecule has 0 fully saturated rings. The predicted octanol–water partition coefficient (Wildman–Crippen LogP) is 0.574. The van der Waals surface area contributed by atoms with Crippen molar-refractivity contribution in [2.45, 2.75) is 4.90 Å². The summed E-state index contributed by atoms with van der Waals surface area (Å²) in [5.74, 6) is 0.433. The monoisotopic (exact) mass is 227 g/mol. The van der Waals surface area contributed by atoms with Crippen LogP contribution in [0, 0.1) is 0 Å². The SMILES string of the molecule is C[S+]([O-])c1ccc(C=O)c(OCCN)c1. The largest absolute Gasteiger partial charge is 0.612 e. The molecular weight excluding hydrogens is 214 g/mol. The van der Waals surface area contributed by atoms with Gasteiger partial charge in [0, 0.05) is 12.6 Å². The average molecular weight is 227 g/mol. The summed E-state index contributed by atoms with van der Waals surface area (Å²) in [7, 11) is 0. The molecule has 0 bridgehead atoms. The van der Waals surface area contributed by atoms with Gasteiger partial charge in [-0.05, 0) is 23.3 Å². The average Bonchev–Trinajstić information content (AvgIpc) is 2.25. The lowest BCUT2D eigenvalue weighted by Crippen LogP contribution is -2.12. The van der Waals surface area contributed by atoms with E-state index in [9.17, 15) is 9.35 Å². The van der Waals surface area contributed by atoms with E-state index in [1.165, 1.54) is 0 Å². The quantitative estimate of drug-likeness (QED) is 0.589. The van der Waals surface area contributed by atoms with Crippen LogP contribution in [0.3, 0.4) is 0 Å². The van der Waals surface area contributed by atoms with Crippen LogP contribution in [-0.4, -0.2) is 30.2 Å². The number of nitrogens with two attached hydrogens (primary N) is 1. The number of carbonyl (C=O) groups excluding carboxylic acids is 1. The fraction of sp³-hybridized carbons (Fsp3) is 0.300. The number of rotatable bonds is 5. The highest BCUT2D eigenvalue weighted by molar-refractivity contribution is 7.90. The van der Waals surface area contributed by atoms with Gasteiger partial charge in [0.15, 0.2) is 11.2 Å². The Labute approximate surface area is 91.6 Å². The van der Waals surface area contributed by atoms with Gasteiger partial charge in [-0.15, -0.1) is 0 Å². The molecule has 1 unspecified atom stereocenters. The summed E-state index contributed by atoms with van der Waals surface area (Å²) in [5.41, 5.74) is 5.73. The third kappa shape index (κ3) is 3.23. The zero-order chi connectivity index (χ0) is 11.3. The molecule has 0 radical (unpaired) electrons. The van der Waals surface area contributed by atoms with Crippen LogP contribution in [0.15, 0.2) is 23.1 Å².